The van der Waals surface area contributed by atoms with E-state index in [-0.39, 0.29) is 0 Å². The molecule has 2 rings (SSSR count). The summed E-state index contributed by atoms with van der Waals surface area (Å²) in [5, 5.41) is 6.11. The minimum atomic E-state index is 0.740. The van der Waals surface area contributed by atoms with Gasteiger partial charge in [0.05, 0.1) is 0 Å². The highest BCUT2D eigenvalue weighted by Crippen LogP contribution is 2.17. The van der Waals surface area contributed by atoms with Crippen LogP contribution in [0.5, 0.6) is 0 Å². The zero-order valence-electron chi connectivity index (χ0n) is 8.94. The Labute approximate surface area is 93.7 Å². The predicted octanol–water partition coefficient (Wildman–Crippen LogP) is 1.84. The number of hydrogen-bond donors (Lipinski definition) is 3. The second-order valence-corrected chi connectivity index (χ2v) is 3.29. The van der Waals surface area contributed by atoms with E-state index in [0.717, 1.165) is 23.0 Å². The van der Waals surface area contributed by atoms with Crippen molar-refractivity contribution in [3.8, 4) is 0 Å². The van der Waals surface area contributed by atoms with Gasteiger partial charge in [-0.2, -0.15) is 0 Å². The van der Waals surface area contributed by atoms with Gasteiger partial charge < -0.3 is 16.4 Å². The Bertz CT molecular complexity index is 466. The molecule has 1 aromatic carbocycles. The van der Waals surface area contributed by atoms with Crippen LogP contribution in [0.4, 0.5) is 23.0 Å². The van der Waals surface area contributed by atoms with Crippen molar-refractivity contribution in [3.05, 3.63) is 36.7 Å². The van der Waals surface area contributed by atoms with Gasteiger partial charge >= 0.3 is 0 Å². The van der Waals surface area contributed by atoms with Crippen LogP contribution in [0.2, 0.25) is 0 Å². The summed E-state index contributed by atoms with van der Waals surface area (Å²) >= 11 is 0. The highest BCUT2D eigenvalue weighted by Gasteiger charge is 1.97. The monoisotopic (exact) mass is 215 g/mol. The average molecular weight is 215 g/mol. The number of nitrogens with zero attached hydrogens (tertiary/aromatic N) is 2. The summed E-state index contributed by atoms with van der Waals surface area (Å²) in [5.41, 5.74) is 7.28. The number of hydrogen-bond acceptors (Lipinski definition) is 5. The zero-order chi connectivity index (χ0) is 11.4. The highest BCUT2D eigenvalue weighted by molar-refractivity contribution is 5.60. The van der Waals surface area contributed by atoms with Crippen molar-refractivity contribution in [2.45, 2.75) is 0 Å². The number of aromatic nitrogens is 2. The molecule has 5 heteroatoms. The van der Waals surface area contributed by atoms with E-state index in [1.165, 1.54) is 6.33 Å². The second kappa shape index (κ2) is 4.48. The van der Waals surface area contributed by atoms with Crippen LogP contribution in [0.25, 0.3) is 0 Å². The molecular weight excluding hydrogens is 202 g/mol. The molecule has 2 aromatic rings. The normalized spacial score (nSPS) is 9.81. The smallest absolute Gasteiger partial charge is 0.135 e. The molecule has 0 aliphatic heterocycles. The van der Waals surface area contributed by atoms with Crippen LogP contribution in [-0.4, -0.2) is 17.0 Å². The third-order valence-corrected chi connectivity index (χ3v) is 2.11. The summed E-state index contributed by atoms with van der Waals surface area (Å²) in [7, 11) is 1.81. The van der Waals surface area contributed by atoms with Crippen molar-refractivity contribution in [3.63, 3.8) is 0 Å². The summed E-state index contributed by atoms with van der Waals surface area (Å²) in [6.07, 6.45) is 1.51. The van der Waals surface area contributed by atoms with Gasteiger partial charge in [-0.1, -0.05) is 0 Å². The Morgan fingerprint density at radius 2 is 1.75 bits per heavy atom. The van der Waals surface area contributed by atoms with Gasteiger partial charge in [-0.3, -0.25) is 0 Å². The molecule has 16 heavy (non-hydrogen) atoms. The van der Waals surface area contributed by atoms with Crippen LogP contribution in [0.1, 0.15) is 0 Å². The lowest BCUT2D eigenvalue weighted by Gasteiger charge is -2.06. The van der Waals surface area contributed by atoms with Gasteiger partial charge in [0.1, 0.15) is 18.0 Å². The fourth-order valence-electron chi connectivity index (χ4n) is 1.28. The Kier molecular flexibility index (Phi) is 2.86. The van der Waals surface area contributed by atoms with E-state index in [1.807, 2.05) is 37.4 Å². The molecular formula is C11H13N5. The third-order valence-electron chi connectivity index (χ3n) is 2.11. The molecule has 4 N–H and O–H groups in total. The summed E-state index contributed by atoms with van der Waals surface area (Å²) in [6.45, 7) is 0. The Morgan fingerprint density at radius 3 is 2.44 bits per heavy atom. The van der Waals surface area contributed by atoms with Gasteiger partial charge in [-0.25, -0.2) is 9.97 Å². The first-order valence-electron chi connectivity index (χ1n) is 4.90. The first kappa shape index (κ1) is 10.2. The fourth-order valence-corrected chi connectivity index (χ4v) is 1.28. The molecule has 0 aliphatic rings. The van der Waals surface area contributed by atoms with E-state index in [2.05, 4.69) is 20.6 Å². The first-order valence-corrected chi connectivity index (χ1v) is 4.90. The minimum absolute atomic E-state index is 0.740. The van der Waals surface area contributed by atoms with Gasteiger partial charge in [0, 0.05) is 24.5 Å². The van der Waals surface area contributed by atoms with Crippen molar-refractivity contribution < 1.29 is 0 Å². The molecule has 0 atom stereocenters. The SMILES string of the molecule is CNc1cc(Nc2ccc(N)cc2)ncn1. The van der Waals surface area contributed by atoms with Gasteiger partial charge in [0.2, 0.25) is 0 Å². The maximum atomic E-state index is 5.60. The largest absolute Gasteiger partial charge is 0.399 e. The van der Waals surface area contributed by atoms with E-state index in [4.69, 9.17) is 5.73 Å². The Balaban J connectivity index is 2.16. The van der Waals surface area contributed by atoms with Gasteiger partial charge in [-0.15, -0.1) is 0 Å². The van der Waals surface area contributed by atoms with Crippen LogP contribution in [0, 0.1) is 0 Å². The van der Waals surface area contributed by atoms with Crippen LogP contribution in [-0.2, 0) is 0 Å². The fraction of sp³-hybridized carbons (Fsp3) is 0.0909. The van der Waals surface area contributed by atoms with E-state index in [0.29, 0.717) is 0 Å². The quantitative estimate of drug-likeness (QED) is 0.681. The molecule has 0 radical (unpaired) electrons. The van der Waals surface area contributed by atoms with Gasteiger partial charge in [-0.05, 0) is 24.3 Å². The lowest BCUT2D eigenvalue weighted by Crippen LogP contribution is -1.98. The summed E-state index contributed by atoms with van der Waals surface area (Å²) in [6, 6.07) is 9.30. The Morgan fingerprint density at radius 1 is 1.06 bits per heavy atom. The van der Waals surface area contributed by atoms with Gasteiger partial charge in [0.25, 0.3) is 0 Å². The summed E-state index contributed by atoms with van der Waals surface area (Å²) < 4.78 is 0. The zero-order valence-corrected chi connectivity index (χ0v) is 8.94. The minimum Gasteiger partial charge on any atom is -0.399 e. The first-order chi connectivity index (χ1) is 7.78. The van der Waals surface area contributed by atoms with Crippen LogP contribution >= 0.6 is 0 Å². The lowest BCUT2D eigenvalue weighted by molar-refractivity contribution is 1.16. The van der Waals surface area contributed by atoms with Crippen LogP contribution in [0.3, 0.4) is 0 Å². The van der Waals surface area contributed by atoms with Crippen molar-refractivity contribution in [2.24, 2.45) is 0 Å². The maximum Gasteiger partial charge on any atom is 0.135 e. The van der Waals surface area contributed by atoms with Gasteiger partial charge in [0.15, 0.2) is 0 Å². The highest BCUT2D eigenvalue weighted by atomic mass is 15.1. The molecule has 0 unspecified atom stereocenters. The lowest BCUT2D eigenvalue weighted by atomic mass is 10.3. The van der Waals surface area contributed by atoms with Crippen molar-refractivity contribution >= 4 is 23.0 Å². The van der Waals surface area contributed by atoms with Crippen molar-refractivity contribution in [1.82, 2.24) is 9.97 Å². The molecule has 0 saturated carbocycles. The predicted molar refractivity (Wildman–Crippen MR) is 65.7 cm³/mol. The number of rotatable bonds is 3. The third kappa shape index (κ3) is 2.38. The number of benzene rings is 1. The van der Waals surface area contributed by atoms with E-state index in [9.17, 15) is 0 Å². The summed E-state index contributed by atoms with van der Waals surface area (Å²) in [5.74, 6) is 1.51. The molecule has 0 bridgehead atoms. The summed E-state index contributed by atoms with van der Waals surface area (Å²) in [4.78, 5) is 8.14. The van der Waals surface area contributed by atoms with Crippen molar-refractivity contribution in [1.29, 1.82) is 0 Å². The number of anilines is 4. The van der Waals surface area contributed by atoms with Crippen molar-refractivity contribution in [2.75, 3.05) is 23.4 Å². The number of nitrogens with one attached hydrogen (secondary N) is 2. The van der Waals surface area contributed by atoms with E-state index >= 15 is 0 Å². The number of nitrogen functional groups attached to an aromatic ring is 1. The molecule has 0 amide bonds. The molecule has 0 spiro atoms. The van der Waals surface area contributed by atoms with E-state index < -0.39 is 0 Å². The van der Waals surface area contributed by atoms with E-state index in [1.54, 1.807) is 0 Å². The van der Waals surface area contributed by atoms with Crippen LogP contribution in [0.15, 0.2) is 36.7 Å². The standard InChI is InChI=1S/C11H13N5/c1-13-10-6-11(15-7-14-10)16-9-4-2-8(12)3-5-9/h2-7H,12H2,1H3,(H2,13,14,15,16). The average Bonchev–Trinajstić information content (AvgIpc) is 2.32. The molecule has 0 saturated heterocycles. The Hall–Kier alpha value is -2.30. The van der Waals surface area contributed by atoms with Crippen LogP contribution < -0.4 is 16.4 Å². The second-order valence-electron chi connectivity index (χ2n) is 3.29. The maximum absolute atomic E-state index is 5.60. The molecule has 1 aromatic heterocycles. The molecule has 1 heterocycles. The molecule has 0 fully saturated rings. The molecule has 82 valence electrons. The molecule has 5 nitrogen and oxygen atoms in total. The topological polar surface area (TPSA) is 75.9 Å². The molecule has 0 aliphatic carbocycles. The number of nitrogens with two attached hydrogens (primary N) is 1.